The molecule has 7 nitrogen and oxygen atoms in total. The van der Waals surface area contributed by atoms with Crippen LogP contribution in [0.3, 0.4) is 0 Å². The van der Waals surface area contributed by atoms with E-state index in [1.54, 1.807) is 72.8 Å². The first-order chi connectivity index (χ1) is 19.5. The van der Waals surface area contributed by atoms with Crippen molar-refractivity contribution < 1.29 is 19.1 Å². The maximum absolute atomic E-state index is 13.3. The van der Waals surface area contributed by atoms with Gasteiger partial charge in [0.25, 0.3) is 11.8 Å². The molecule has 0 aliphatic carbocycles. The molecule has 3 amide bonds. The summed E-state index contributed by atoms with van der Waals surface area (Å²) in [6.07, 6.45) is 1.63. The topological polar surface area (TPSA) is 96.5 Å². The minimum atomic E-state index is -0.469. The molecule has 202 valence electrons. The molecule has 4 aromatic carbocycles. The first kappa shape index (κ1) is 28.2. The summed E-state index contributed by atoms with van der Waals surface area (Å²) in [5.74, 6) is -0.0727. The number of hydrogen-bond acceptors (Lipinski definition) is 5. The average molecular weight is 552 g/mol. The SMILES string of the molecule is CCOc1ccc(NC(=O)CSc2cccc(NC(=O)/C(=C/c3ccccc3)NC(=O)c3ccccc3)c2)cc1. The van der Waals surface area contributed by atoms with Crippen molar-refractivity contribution in [2.24, 2.45) is 0 Å². The Morgan fingerprint density at radius 3 is 2.17 bits per heavy atom. The summed E-state index contributed by atoms with van der Waals surface area (Å²) in [6.45, 7) is 2.49. The van der Waals surface area contributed by atoms with E-state index < -0.39 is 5.91 Å². The number of amides is 3. The minimum absolute atomic E-state index is 0.104. The van der Waals surface area contributed by atoms with Crippen molar-refractivity contribution in [1.29, 1.82) is 0 Å². The molecule has 0 radical (unpaired) electrons. The zero-order valence-electron chi connectivity index (χ0n) is 21.9. The molecule has 8 heteroatoms. The van der Waals surface area contributed by atoms with E-state index >= 15 is 0 Å². The van der Waals surface area contributed by atoms with E-state index in [2.05, 4.69) is 16.0 Å². The second-order valence-electron chi connectivity index (χ2n) is 8.57. The van der Waals surface area contributed by atoms with E-state index in [-0.39, 0.29) is 23.3 Å². The Morgan fingerprint density at radius 2 is 1.48 bits per heavy atom. The Balaban J connectivity index is 1.39. The fraction of sp³-hybridized carbons (Fsp3) is 0.0938. The van der Waals surface area contributed by atoms with E-state index in [0.717, 1.165) is 16.2 Å². The van der Waals surface area contributed by atoms with Gasteiger partial charge in [-0.05, 0) is 73.2 Å². The summed E-state index contributed by atoms with van der Waals surface area (Å²) in [5.41, 5.74) is 2.54. The van der Waals surface area contributed by atoms with Gasteiger partial charge in [-0.2, -0.15) is 0 Å². The molecule has 0 saturated carbocycles. The lowest BCUT2D eigenvalue weighted by Gasteiger charge is -2.12. The van der Waals surface area contributed by atoms with Crippen LogP contribution in [0.1, 0.15) is 22.8 Å². The highest BCUT2D eigenvalue weighted by molar-refractivity contribution is 8.00. The van der Waals surface area contributed by atoms with Gasteiger partial charge < -0.3 is 20.7 Å². The van der Waals surface area contributed by atoms with Crippen molar-refractivity contribution in [2.45, 2.75) is 11.8 Å². The smallest absolute Gasteiger partial charge is 0.272 e. The third-order valence-corrected chi connectivity index (χ3v) is 6.54. The van der Waals surface area contributed by atoms with Crippen LogP contribution in [0, 0.1) is 0 Å². The molecular weight excluding hydrogens is 522 g/mol. The van der Waals surface area contributed by atoms with Crippen LogP contribution in [0.4, 0.5) is 11.4 Å². The lowest BCUT2D eigenvalue weighted by atomic mass is 10.1. The Hall–Kier alpha value is -4.82. The highest BCUT2D eigenvalue weighted by Crippen LogP contribution is 2.23. The van der Waals surface area contributed by atoms with Crippen LogP contribution >= 0.6 is 11.8 Å². The number of anilines is 2. The summed E-state index contributed by atoms with van der Waals surface area (Å²) < 4.78 is 5.42. The van der Waals surface area contributed by atoms with Crippen molar-refractivity contribution in [1.82, 2.24) is 5.32 Å². The van der Waals surface area contributed by atoms with Crippen LogP contribution in [0.25, 0.3) is 6.08 Å². The lowest BCUT2D eigenvalue weighted by Crippen LogP contribution is -2.30. The van der Waals surface area contributed by atoms with Gasteiger partial charge in [0.1, 0.15) is 11.4 Å². The summed E-state index contributed by atoms with van der Waals surface area (Å²) >= 11 is 1.35. The molecule has 0 saturated heterocycles. The normalized spacial score (nSPS) is 10.9. The van der Waals surface area contributed by atoms with Crippen LogP contribution < -0.4 is 20.7 Å². The third kappa shape index (κ3) is 8.61. The van der Waals surface area contributed by atoms with Crippen LogP contribution in [-0.2, 0) is 9.59 Å². The van der Waals surface area contributed by atoms with Crippen LogP contribution in [0.15, 0.2) is 120 Å². The standard InChI is InChI=1S/C32H29N3O4S/c1-2-39-27-18-16-25(17-19-27)33-30(36)22-40-28-15-9-14-26(21-28)34-32(38)29(20-23-10-5-3-6-11-23)35-31(37)24-12-7-4-8-13-24/h3-21H,2,22H2,1H3,(H,33,36)(H,34,38)(H,35,37)/b29-20-. The van der Waals surface area contributed by atoms with E-state index in [4.69, 9.17) is 4.74 Å². The van der Waals surface area contributed by atoms with E-state index in [1.807, 2.05) is 49.4 Å². The van der Waals surface area contributed by atoms with Crippen molar-refractivity contribution in [3.05, 3.63) is 126 Å². The molecule has 3 N–H and O–H groups in total. The molecule has 0 aromatic heterocycles. The Kier molecular flexibility index (Phi) is 10.1. The summed E-state index contributed by atoms with van der Waals surface area (Å²) in [4.78, 5) is 39.3. The van der Waals surface area contributed by atoms with E-state index in [1.165, 1.54) is 11.8 Å². The molecule has 0 unspecified atom stereocenters. The second kappa shape index (κ2) is 14.4. The maximum Gasteiger partial charge on any atom is 0.272 e. The summed E-state index contributed by atoms with van der Waals surface area (Å²) in [6, 6.07) is 32.4. The Labute approximate surface area is 237 Å². The molecule has 0 spiro atoms. The zero-order chi connectivity index (χ0) is 28.2. The second-order valence-corrected chi connectivity index (χ2v) is 9.61. The minimum Gasteiger partial charge on any atom is -0.494 e. The molecule has 0 fully saturated rings. The molecule has 0 bridgehead atoms. The first-order valence-electron chi connectivity index (χ1n) is 12.7. The lowest BCUT2D eigenvalue weighted by molar-refractivity contribution is -0.114. The van der Waals surface area contributed by atoms with Gasteiger partial charge in [-0.25, -0.2) is 0 Å². The van der Waals surface area contributed by atoms with Gasteiger partial charge in [-0.15, -0.1) is 11.8 Å². The molecule has 4 aromatic rings. The number of rotatable bonds is 11. The van der Waals surface area contributed by atoms with Crippen molar-refractivity contribution in [3.63, 3.8) is 0 Å². The molecule has 40 heavy (non-hydrogen) atoms. The van der Waals surface area contributed by atoms with Crippen LogP contribution in [-0.4, -0.2) is 30.1 Å². The maximum atomic E-state index is 13.3. The van der Waals surface area contributed by atoms with Gasteiger partial charge in [-0.3, -0.25) is 14.4 Å². The molecule has 4 rings (SSSR count). The molecule has 0 atom stereocenters. The van der Waals surface area contributed by atoms with Gasteiger partial charge in [0, 0.05) is 21.8 Å². The number of thioether (sulfide) groups is 1. The predicted octanol–water partition coefficient (Wildman–Crippen LogP) is 6.23. The van der Waals surface area contributed by atoms with Crippen molar-refractivity contribution in [2.75, 3.05) is 23.0 Å². The van der Waals surface area contributed by atoms with Crippen LogP contribution in [0.5, 0.6) is 5.75 Å². The predicted molar refractivity (Wildman–Crippen MR) is 160 cm³/mol. The highest BCUT2D eigenvalue weighted by Gasteiger charge is 2.15. The molecule has 0 aliphatic heterocycles. The van der Waals surface area contributed by atoms with Gasteiger partial charge >= 0.3 is 0 Å². The molecule has 0 aliphatic rings. The fourth-order valence-corrected chi connectivity index (χ4v) is 4.42. The third-order valence-electron chi connectivity index (χ3n) is 5.55. The Morgan fingerprint density at radius 1 is 0.775 bits per heavy atom. The molecular formula is C32H29N3O4S. The van der Waals surface area contributed by atoms with Gasteiger partial charge in [0.2, 0.25) is 5.91 Å². The van der Waals surface area contributed by atoms with Crippen molar-refractivity contribution in [3.8, 4) is 5.75 Å². The van der Waals surface area contributed by atoms with Gasteiger partial charge in [0.05, 0.1) is 12.4 Å². The van der Waals surface area contributed by atoms with Crippen LogP contribution in [0.2, 0.25) is 0 Å². The summed E-state index contributed by atoms with van der Waals surface area (Å²) in [7, 11) is 0. The molecule has 0 heterocycles. The summed E-state index contributed by atoms with van der Waals surface area (Å²) in [5, 5.41) is 8.45. The van der Waals surface area contributed by atoms with Gasteiger partial charge in [0.15, 0.2) is 0 Å². The number of hydrogen-bond donors (Lipinski definition) is 3. The first-order valence-corrected chi connectivity index (χ1v) is 13.7. The highest BCUT2D eigenvalue weighted by atomic mass is 32.2. The Bertz CT molecular complexity index is 1470. The zero-order valence-corrected chi connectivity index (χ0v) is 22.7. The fourth-order valence-electron chi connectivity index (χ4n) is 3.67. The quantitative estimate of drug-likeness (QED) is 0.152. The largest absolute Gasteiger partial charge is 0.494 e. The number of carbonyl (C=O) groups excluding carboxylic acids is 3. The van der Waals surface area contributed by atoms with E-state index in [9.17, 15) is 14.4 Å². The monoisotopic (exact) mass is 551 g/mol. The number of nitrogens with one attached hydrogen (secondary N) is 3. The van der Waals surface area contributed by atoms with E-state index in [0.29, 0.717) is 23.5 Å². The number of benzene rings is 4. The average Bonchev–Trinajstić information content (AvgIpc) is 2.98. The van der Waals surface area contributed by atoms with Gasteiger partial charge in [-0.1, -0.05) is 54.6 Å². The van der Waals surface area contributed by atoms with Crippen molar-refractivity contribution >= 4 is 46.9 Å². The number of carbonyl (C=O) groups is 3. The number of ether oxygens (including phenoxy) is 1.